The summed E-state index contributed by atoms with van der Waals surface area (Å²) in [5.41, 5.74) is 11.8. The number of methoxy groups -OCH3 is 1. The number of amides is 2. The lowest BCUT2D eigenvalue weighted by Crippen LogP contribution is -2.45. The minimum absolute atomic E-state index is 0.00913. The SMILES string of the molecule is COc1ccc2c(c1)c(CC(=O)NCCNC(=O)c1ccc(C3=c4cc5c6c(c4Oc4c3cc3c7c4CCCN7CCC3)CCC[N+]=6CCC5)c(C(O)O)c1)c(C)n2C(=O)c1ccc(Cl)cc1. The molecule has 2 amide bonds. The maximum atomic E-state index is 13.8. The van der Waals surface area contributed by atoms with Crippen molar-refractivity contribution in [2.24, 2.45) is 0 Å². The monoisotopic (exact) mass is 918 g/mol. The molecular formula is C54H53ClN5O7+. The first-order valence-electron chi connectivity index (χ1n) is 23.5. The number of aromatic nitrogens is 1. The molecule has 0 saturated heterocycles. The number of rotatable bonds is 10. The van der Waals surface area contributed by atoms with E-state index in [0.717, 1.165) is 111 Å². The van der Waals surface area contributed by atoms with Gasteiger partial charge in [0.1, 0.15) is 30.3 Å². The molecule has 0 spiro atoms. The molecule has 13 heteroatoms. The highest BCUT2D eigenvalue weighted by Gasteiger charge is 2.36. The van der Waals surface area contributed by atoms with Gasteiger partial charge in [-0.05, 0) is 129 Å². The number of aliphatic hydroxyl groups is 2. The van der Waals surface area contributed by atoms with E-state index in [1.54, 1.807) is 54.1 Å². The number of ether oxygens (including phenoxy) is 2. The largest absolute Gasteiger partial charge is 0.497 e. The van der Waals surface area contributed by atoms with Gasteiger partial charge in [0.25, 0.3) is 11.8 Å². The highest BCUT2D eigenvalue weighted by Crippen LogP contribution is 2.49. The second kappa shape index (κ2) is 17.3. The van der Waals surface area contributed by atoms with Crippen molar-refractivity contribution in [3.63, 3.8) is 0 Å². The van der Waals surface area contributed by atoms with Gasteiger partial charge in [-0.25, -0.2) is 4.58 Å². The van der Waals surface area contributed by atoms with Crippen LogP contribution in [0.25, 0.3) is 16.5 Å². The van der Waals surface area contributed by atoms with Crippen LogP contribution in [0.15, 0.2) is 72.8 Å². The topological polar surface area (TPSA) is 145 Å². The van der Waals surface area contributed by atoms with Crippen molar-refractivity contribution in [3.8, 4) is 17.2 Å². The number of hydrogen-bond donors (Lipinski definition) is 4. The van der Waals surface area contributed by atoms with Gasteiger partial charge in [0.15, 0.2) is 6.29 Å². The zero-order valence-corrected chi connectivity index (χ0v) is 38.5. The third kappa shape index (κ3) is 7.46. The number of halogens is 1. The van der Waals surface area contributed by atoms with Crippen LogP contribution < -0.4 is 40.2 Å². The average Bonchev–Trinajstić information content (AvgIpc) is 3.61. The molecule has 0 bridgehead atoms. The van der Waals surface area contributed by atoms with Crippen LogP contribution in [-0.2, 0) is 36.9 Å². The minimum Gasteiger partial charge on any atom is -0.497 e. The van der Waals surface area contributed by atoms with Crippen LogP contribution in [-0.4, -0.2) is 78.9 Å². The average molecular weight is 919 g/mol. The highest BCUT2D eigenvalue weighted by atomic mass is 35.5. The molecule has 6 heterocycles. The predicted molar refractivity (Wildman–Crippen MR) is 257 cm³/mol. The number of benzene rings is 5. The van der Waals surface area contributed by atoms with E-state index in [2.05, 4.69) is 32.2 Å². The van der Waals surface area contributed by atoms with E-state index in [0.29, 0.717) is 38.7 Å². The predicted octanol–water partition coefficient (Wildman–Crippen LogP) is 5.81. The third-order valence-corrected chi connectivity index (χ3v) is 14.7. The number of nitrogens with one attached hydrogen (secondary N) is 2. The number of carbonyl (C=O) groups excluding carboxylic acids is 3. The molecular weight excluding hydrogens is 866 g/mol. The fourth-order valence-electron chi connectivity index (χ4n) is 11.4. The summed E-state index contributed by atoms with van der Waals surface area (Å²) in [5.74, 6) is 1.39. The Balaban J connectivity index is 0.872. The Morgan fingerprint density at radius 3 is 2.33 bits per heavy atom. The van der Waals surface area contributed by atoms with Gasteiger partial charge in [0.05, 0.1) is 24.6 Å². The summed E-state index contributed by atoms with van der Waals surface area (Å²) in [7, 11) is 1.57. The molecule has 0 fully saturated rings. The smallest absolute Gasteiger partial charge is 0.262 e. The van der Waals surface area contributed by atoms with Crippen molar-refractivity contribution in [1.29, 1.82) is 0 Å². The van der Waals surface area contributed by atoms with Gasteiger partial charge < -0.3 is 35.2 Å². The van der Waals surface area contributed by atoms with Gasteiger partial charge in [-0.2, -0.15) is 0 Å². The molecule has 4 N–H and O–H groups in total. The first kappa shape index (κ1) is 43.1. The lowest BCUT2D eigenvalue weighted by Gasteiger charge is -2.39. The van der Waals surface area contributed by atoms with E-state index in [1.807, 2.05) is 25.1 Å². The second-order valence-electron chi connectivity index (χ2n) is 18.4. The van der Waals surface area contributed by atoms with Crippen molar-refractivity contribution in [2.45, 2.75) is 71.0 Å². The van der Waals surface area contributed by atoms with Crippen molar-refractivity contribution in [2.75, 3.05) is 51.3 Å². The molecule has 67 heavy (non-hydrogen) atoms. The zero-order chi connectivity index (χ0) is 46.1. The van der Waals surface area contributed by atoms with Crippen LogP contribution in [0.5, 0.6) is 17.2 Å². The van der Waals surface area contributed by atoms with Crippen LogP contribution in [0.3, 0.4) is 0 Å². The van der Waals surface area contributed by atoms with Crippen LogP contribution >= 0.6 is 11.6 Å². The van der Waals surface area contributed by atoms with E-state index in [4.69, 9.17) is 21.1 Å². The number of aliphatic hydroxyl groups excluding tert-OH is 1. The molecule has 0 radical (unpaired) electrons. The number of aryl methyl sites for hydroxylation is 2. The van der Waals surface area contributed by atoms with E-state index < -0.39 is 12.2 Å². The second-order valence-corrected chi connectivity index (χ2v) is 18.8. The Morgan fingerprint density at radius 1 is 0.806 bits per heavy atom. The number of anilines is 1. The fraction of sp³-hybridized carbons (Fsp3) is 0.333. The summed E-state index contributed by atoms with van der Waals surface area (Å²) in [6.07, 6.45) is 6.14. The van der Waals surface area contributed by atoms with E-state index >= 15 is 0 Å². The van der Waals surface area contributed by atoms with E-state index in [-0.39, 0.29) is 42.5 Å². The Kier molecular flexibility index (Phi) is 11.1. The summed E-state index contributed by atoms with van der Waals surface area (Å²) in [6, 6.07) is 21.8. The molecule has 6 aromatic rings. The lowest BCUT2D eigenvalue weighted by atomic mass is 9.81. The van der Waals surface area contributed by atoms with Crippen molar-refractivity contribution in [3.05, 3.63) is 150 Å². The molecule has 0 unspecified atom stereocenters. The van der Waals surface area contributed by atoms with E-state index in [1.165, 1.54) is 33.3 Å². The van der Waals surface area contributed by atoms with Crippen molar-refractivity contribution in [1.82, 2.24) is 19.8 Å². The molecule has 0 saturated carbocycles. The molecule has 0 aliphatic carbocycles. The number of hydrogen-bond acceptors (Lipinski definition) is 8. The van der Waals surface area contributed by atoms with Crippen LogP contribution in [0.1, 0.15) is 103 Å². The van der Waals surface area contributed by atoms with Crippen LogP contribution in [0.4, 0.5) is 5.69 Å². The van der Waals surface area contributed by atoms with Crippen molar-refractivity contribution < 1.29 is 34.1 Å². The summed E-state index contributed by atoms with van der Waals surface area (Å²) in [4.78, 5) is 43.6. The number of nitrogens with zero attached hydrogens (tertiary/aromatic N) is 3. The lowest BCUT2D eigenvalue weighted by molar-refractivity contribution is -0.120. The maximum absolute atomic E-state index is 13.8. The summed E-state index contributed by atoms with van der Waals surface area (Å²) >= 11 is 6.10. The van der Waals surface area contributed by atoms with Gasteiger partial charge in [-0.15, -0.1) is 0 Å². The summed E-state index contributed by atoms with van der Waals surface area (Å²) in [5, 5.41) is 31.6. The van der Waals surface area contributed by atoms with Gasteiger partial charge in [0.2, 0.25) is 11.3 Å². The molecule has 5 aliphatic heterocycles. The molecule has 342 valence electrons. The molecule has 1 aromatic heterocycles. The first-order valence-corrected chi connectivity index (χ1v) is 23.9. The summed E-state index contributed by atoms with van der Waals surface area (Å²) < 4.78 is 16.8. The molecule has 0 atom stereocenters. The van der Waals surface area contributed by atoms with Crippen LogP contribution in [0.2, 0.25) is 5.02 Å². The minimum atomic E-state index is -1.86. The third-order valence-electron chi connectivity index (χ3n) is 14.5. The number of fused-ring (bicyclic) bond motifs is 5. The normalized spacial score (nSPS) is 15.6. The van der Waals surface area contributed by atoms with Gasteiger partial charge in [-0.1, -0.05) is 17.7 Å². The Labute approximate surface area is 393 Å². The Hall–Kier alpha value is -6.47. The van der Waals surface area contributed by atoms with E-state index in [9.17, 15) is 24.6 Å². The van der Waals surface area contributed by atoms with Gasteiger partial charge >= 0.3 is 0 Å². The summed E-state index contributed by atoms with van der Waals surface area (Å²) in [6.45, 7) is 6.22. The Morgan fingerprint density at radius 2 is 1.54 bits per heavy atom. The molecule has 11 rings (SSSR count). The quantitative estimate of drug-likeness (QED) is 0.0766. The highest BCUT2D eigenvalue weighted by molar-refractivity contribution is 6.30. The standard InChI is InChI=1S/C54H52ClN5O7/c1-30-40(41-28-36(66-2)16-18-45(41)60(30)53(63)31-11-14-35(55)15-12-31)29-46(61)56-19-20-57-52(62)34-13-17-37(42(27-34)54(64)65)47-43-25-32-7-3-21-58-23-5-9-38(48(32)58)50(43)67-51-39-10-6-24-59-22-4-8-33(49(39)59)26-44(47)51/h11-18,25-28,54,64-65H,3-10,19-24,29H2,1-2H3,(H-,56,57,61,62)/p+1. The first-order chi connectivity index (χ1) is 32.6. The van der Waals surface area contributed by atoms with Gasteiger partial charge in [-0.3, -0.25) is 19.0 Å². The molecule has 5 aliphatic rings. The Bertz CT molecular complexity index is 3200. The van der Waals surface area contributed by atoms with Crippen LogP contribution in [0, 0.1) is 6.92 Å². The maximum Gasteiger partial charge on any atom is 0.262 e. The van der Waals surface area contributed by atoms with Crippen molar-refractivity contribution >= 4 is 51.5 Å². The fourth-order valence-corrected chi connectivity index (χ4v) is 11.6. The molecule has 5 aromatic carbocycles. The zero-order valence-electron chi connectivity index (χ0n) is 37.8. The van der Waals surface area contributed by atoms with Gasteiger partial charge in [0, 0.05) is 105 Å². The number of carbonyl (C=O) groups is 3. The molecule has 12 nitrogen and oxygen atoms in total.